The number of carbonyl (C=O) groups is 1. The SMILES string of the molecule is O=C(O)C1CCCc2nc(C3CCCS3(=O)=O)nn21. The van der Waals surface area contributed by atoms with Gasteiger partial charge in [-0.25, -0.2) is 22.9 Å². The Morgan fingerprint density at radius 1 is 1.32 bits per heavy atom. The molecule has 0 amide bonds. The van der Waals surface area contributed by atoms with Crippen molar-refractivity contribution >= 4 is 15.8 Å². The van der Waals surface area contributed by atoms with Crippen LogP contribution >= 0.6 is 0 Å². The Morgan fingerprint density at radius 3 is 2.74 bits per heavy atom. The van der Waals surface area contributed by atoms with Gasteiger partial charge < -0.3 is 5.11 Å². The molecule has 104 valence electrons. The molecule has 1 N–H and O–H groups in total. The fourth-order valence-electron chi connectivity index (χ4n) is 2.82. The molecule has 7 nitrogen and oxygen atoms in total. The van der Waals surface area contributed by atoms with E-state index in [0.29, 0.717) is 31.5 Å². The van der Waals surface area contributed by atoms with Crippen LogP contribution in [0.1, 0.15) is 48.6 Å². The molecule has 0 aliphatic carbocycles. The van der Waals surface area contributed by atoms with Crippen molar-refractivity contribution in [3.05, 3.63) is 11.6 Å². The molecule has 0 aromatic carbocycles. The average Bonchev–Trinajstić information content (AvgIpc) is 2.90. The number of carboxylic acids is 1. The summed E-state index contributed by atoms with van der Waals surface area (Å²) >= 11 is 0. The summed E-state index contributed by atoms with van der Waals surface area (Å²) < 4.78 is 25.2. The molecule has 2 unspecified atom stereocenters. The first-order valence-corrected chi connectivity index (χ1v) is 8.10. The second kappa shape index (κ2) is 4.29. The minimum atomic E-state index is -3.16. The third-order valence-electron chi connectivity index (χ3n) is 3.79. The van der Waals surface area contributed by atoms with Gasteiger partial charge in [-0.3, -0.25) is 0 Å². The molecule has 2 aliphatic heterocycles. The molecule has 1 aromatic rings. The number of hydrogen-bond donors (Lipinski definition) is 1. The minimum Gasteiger partial charge on any atom is -0.480 e. The van der Waals surface area contributed by atoms with E-state index in [0.717, 1.165) is 6.42 Å². The highest BCUT2D eigenvalue weighted by molar-refractivity contribution is 7.91. The third kappa shape index (κ3) is 2.03. The highest BCUT2D eigenvalue weighted by Gasteiger charge is 2.38. The fourth-order valence-corrected chi connectivity index (χ4v) is 4.62. The van der Waals surface area contributed by atoms with E-state index >= 15 is 0 Å². The molecule has 3 rings (SSSR count). The predicted octanol–water partition coefficient (Wildman–Crippen LogP) is 0.490. The van der Waals surface area contributed by atoms with Crippen LogP contribution in [0.15, 0.2) is 0 Å². The first kappa shape index (κ1) is 12.6. The maximum atomic E-state index is 11.9. The molecular weight excluding hydrogens is 270 g/mol. The number of sulfone groups is 1. The molecule has 3 heterocycles. The van der Waals surface area contributed by atoms with Crippen LogP contribution in [0.4, 0.5) is 0 Å². The Kier molecular flexibility index (Phi) is 2.84. The summed E-state index contributed by atoms with van der Waals surface area (Å²) in [6.07, 6.45) is 3.07. The normalized spacial score (nSPS) is 29.1. The van der Waals surface area contributed by atoms with E-state index in [2.05, 4.69) is 10.1 Å². The van der Waals surface area contributed by atoms with Gasteiger partial charge >= 0.3 is 5.97 Å². The van der Waals surface area contributed by atoms with Crippen LogP contribution in [0, 0.1) is 0 Å². The van der Waals surface area contributed by atoms with Gasteiger partial charge in [-0.1, -0.05) is 0 Å². The zero-order valence-electron chi connectivity index (χ0n) is 10.3. The Balaban J connectivity index is 2.00. The first-order valence-electron chi connectivity index (χ1n) is 6.39. The van der Waals surface area contributed by atoms with Crippen LogP contribution in [0.2, 0.25) is 0 Å². The number of fused-ring (bicyclic) bond motifs is 1. The number of hydrogen-bond acceptors (Lipinski definition) is 5. The zero-order chi connectivity index (χ0) is 13.6. The monoisotopic (exact) mass is 285 g/mol. The third-order valence-corrected chi connectivity index (χ3v) is 5.96. The highest BCUT2D eigenvalue weighted by Crippen LogP contribution is 2.34. The summed E-state index contributed by atoms with van der Waals surface area (Å²) in [5.41, 5.74) is 0. The molecule has 1 saturated heterocycles. The molecule has 8 heteroatoms. The lowest BCUT2D eigenvalue weighted by Crippen LogP contribution is -2.26. The molecule has 19 heavy (non-hydrogen) atoms. The smallest absolute Gasteiger partial charge is 0.328 e. The van der Waals surface area contributed by atoms with E-state index in [-0.39, 0.29) is 11.6 Å². The molecule has 0 spiro atoms. The molecule has 0 saturated carbocycles. The average molecular weight is 285 g/mol. The number of nitrogens with zero attached hydrogens (tertiary/aromatic N) is 3. The van der Waals surface area contributed by atoms with Crippen molar-refractivity contribution < 1.29 is 18.3 Å². The van der Waals surface area contributed by atoms with E-state index in [1.807, 2.05) is 0 Å². The van der Waals surface area contributed by atoms with E-state index < -0.39 is 27.1 Å². The summed E-state index contributed by atoms with van der Waals surface area (Å²) in [4.78, 5) is 15.4. The van der Waals surface area contributed by atoms with Crippen molar-refractivity contribution in [2.75, 3.05) is 5.75 Å². The number of aryl methyl sites for hydroxylation is 1. The Bertz CT molecular complexity index is 622. The van der Waals surface area contributed by atoms with Crippen LogP contribution in [0.3, 0.4) is 0 Å². The summed E-state index contributed by atoms with van der Waals surface area (Å²) in [6.45, 7) is 0. The quantitative estimate of drug-likeness (QED) is 0.848. The van der Waals surface area contributed by atoms with E-state index in [1.54, 1.807) is 0 Å². The summed E-state index contributed by atoms with van der Waals surface area (Å²) in [5, 5.41) is 12.7. The second-order valence-electron chi connectivity index (χ2n) is 5.07. The Morgan fingerprint density at radius 2 is 2.11 bits per heavy atom. The van der Waals surface area contributed by atoms with Gasteiger partial charge in [-0.2, -0.15) is 5.10 Å². The molecule has 0 radical (unpaired) electrons. The van der Waals surface area contributed by atoms with Crippen molar-refractivity contribution in [1.82, 2.24) is 14.8 Å². The largest absolute Gasteiger partial charge is 0.480 e. The topological polar surface area (TPSA) is 102 Å². The number of carboxylic acid groups (broad SMARTS) is 1. The maximum Gasteiger partial charge on any atom is 0.328 e. The van der Waals surface area contributed by atoms with Crippen molar-refractivity contribution in [2.24, 2.45) is 0 Å². The lowest BCUT2D eigenvalue weighted by atomic mass is 10.1. The van der Waals surface area contributed by atoms with Gasteiger partial charge in [0.15, 0.2) is 21.7 Å². The van der Waals surface area contributed by atoms with Gasteiger partial charge in [0.2, 0.25) is 0 Å². The summed E-state index contributed by atoms with van der Waals surface area (Å²) in [7, 11) is -3.16. The number of aliphatic carboxylic acids is 1. The fraction of sp³-hybridized carbons (Fsp3) is 0.727. The lowest BCUT2D eigenvalue weighted by molar-refractivity contribution is -0.141. The standard InChI is InChI=1S/C11H15N3O4S/c15-11(16)7-3-1-5-9-12-10(13-14(7)9)8-4-2-6-19(8,17)18/h7-8H,1-6H2,(H,15,16). The van der Waals surface area contributed by atoms with Crippen molar-refractivity contribution in [3.8, 4) is 0 Å². The van der Waals surface area contributed by atoms with Crippen molar-refractivity contribution in [2.45, 2.75) is 43.4 Å². The molecule has 1 fully saturated rings. The van der Waals surface area contributed by atoms with Crippen molar-refractivity contribution in [1.29, 1.82) is 0 Å². The Hall–Kier alpha value is -1.44. The van der Waals surface area contributed by atoms with Crippen LogP contribution in [-0.4, -0.2) is 40.0 Å². The predicted molar refractivity (Wildman–Crippen MR) is 65.4 cm³/mol. The van der Waals surface area contributed by atoms with Crippen LogP contribution in [-0.2, 0) is 21.1 Å². The molecule has 2 atom stereocenters. The number of aromatic nitrogens is 3. The zero-order valence-corrected chi connectivity index (χ0v) is 11.1. The summed E-state index contributed by atoms with van der Waals surface area (Å²) in [6, 6.07) is -0.714. The van der Waals surface area contributed by atoms with Gasteiger partial charge in [0.1, 0.15) is 11.1 Å². The highest BCUT2D eigenvalue weighted by atomic mass is 32.2. The maximum absolute atomic E-state index is 11.9. The van der Waals surface area contributed by atoms with E-state index in [9.17, 15) is 13.2 Å². The van der Waals surface area contributed by atoms with Gasteiger partial charge in [0, 0.05) is 6.42 Å². The van der Waals surface area contributed by atoms with E-state index in [1.165, 1.54) is 4.68 Å². The van der Waals surface area contributed by atoms with Crippen LogP contribution in [0.25, 0.3) is 0 Å². The molecule has 1 aromatic heterocycles. The van der Waals surface area contributed by atoms with Crippen molar-refractivity contribution in [3.63, 3.8) is 0 Å². The summed E-state index contributed by atoms with van der Waals surface area (Å²) in [5.74, 6) is 0.104. The van der Waals surface area contributed by atoms with E-state index in [4.69, 9.17) is 5.11 Å². The molecule has 0 bridgehead atoms. The molecular formula is C11H15N3O4S. The van der Waals surface area contributed by atoms with Gasteiger partial charge in [-0.05, 0) is 25.7 Å². The Labute approximate surface area is 110 Å². The molecule has 2 aliphatic rings. The lowest BCUT2D eigenvalue weighted by Gasteiger charge is -2.19. The van der Waals surface area contributed by atoms with Crippen LogP contribution in [0.5, 0.6) is 0 Å². The van der Waals surface area contributed by atoms with Crippen LogP contribution < -0.4 is 0 Å². The van der Waals surface area contributed by atoms with Gasteiger partial charge in [0.25, 0.3) is 0 Å². The van der Waals surface area contributed by atoms with Gasteiger partial charge in [0.05, 0.1) is 5.75 Å². The minimum absolute atomic E-state index is 0.171. The first-order chi connectivity index (χ1) is 8.99. The van der Waals surface area contributed by atoms with Gasteiger partial charge in [-0.15, -0.1) is 0 Å². The number of rotatable bonds is 2. The second-order valence-corrected chi connectivity index (χ2v) is 7.38.